The van der Waals surface area contributed by atoms with Crippen LogP contribution in [0.3, 0.4) is 0 Å². The zero-order valence-electron chi connectivity index (χ0n) is 17.7. The van der Waals surface area contributed by atoms with Gasteiger partial charge in [0.05, 0.1) is 11.2 Å². The van der Waals surface area contributed by atoms with Crippen molar-refractivity contribution in [2.24, 2.45) is 0 Å². The molecule has 7 heteroatoms. The molecular weight excluding hydrogens is 411 g/mol. The van der Waals surface area contributed by atoms with Crippen LogP contribution in [0.5, 0.6) is 11.5 Å². The molecule has 0 unspecified atom stereocenters. The van der Waals surface area contributed by atoms with Gasteiger partial charge in [-0.2, -0.15) is 0 Å². The Kier molecular flexibility index (Phi) is 5.64. The third-order valence-corrected chi connectivity index (χ3v) is 4.69. The highest BCUT2D eigenvalue weighted by Gasteiger charge is 2.23. The summed E-state index contributed by atoms with van der Waals surface area (Å²) in [5.74, 6) is -2.21. The third kappa shape index (κ3) is 4.32. The van der Waals surface area contributed by atoms with Gasteiger partial charge in [0.1, 0.15) is 22.9 Å². The molecule has 4 aromatic rings. The second kappa shape index (κ2) is 8.55. The Labute approximate surface area is 183 Å². The van der Waals surface area contributed by atoms with Crippen molar-refractivity contribution in [2.75, 3.05) is 0 Å². The fourth-order valence-corrected chi connectivity index (χ4v) is 3.37. The number of hydrogen-bond acceptors (Lipinski definition) is 6. The van der Waals surface area contributed by atoms with Crippen LogP contribution < -0.4 is 9.47 Å². The monoisotopic (exact) mass is 430 g/mol. The molecule has 4 rings (SSSR count). The third-order valence-electron chi connectivity index (χ3n) is 4.69. The van der Waals surface area contributed by atoms with Crippen LogP contribution in [-0.4, -0.2) is 21.9 Å². The average molecular weight is 430 g/mol. The van der Waals surface area contributed by atoms with E-state index in [4.69, 9.17) is 14.5 Å². The number of aryl methyl sites for hydroxylation is 1. The first kappa shape index (κ1) is 21.1. The Bertz CT molecular complexity index is 1310. The van der Waals surface area contributed by atoms with E-state index in [1.54, 1.807) is 0 Å². The second-order valence-electron chi connectivity index (χ2n) is 7.24. The first-order valence-corrected chi connectivity index (χ1v) is 9.86. The summed E-state index contributed by atoms with van der Waals surface area (Å²) in [6.45, 7) is 4.38. The molecule has 0 radical (unpaired) electrons. The van der Waals surface area contributed by atoms with Gasteiger partial charge < -0.3 is 9.47 Å². The molecular formula is C25H19FN2O4. The van der Waals surface area contributed by atoms with Crippen molar-refractivity contribution in [2.45, 2.75) is 20.8 Å². The molecule has 0 saturated heterocycles. The molecule has 6 nitrogen and oxygen atoms in total. The second-order valence-corrected chi connectivity index (χ2v) is 7.24. The van der Waals surface area contributed by atoms with Gasteiger partial charge in [-0.1, -0.05) is 48.0 Å². The molecule has 0 bridgehead atoms. The van der Waals surface area contributed by atoms with E-state index >= 15 is 0 Å². The lowest BCUT2D eigenvalue weighted by atomic mass is 10.0. The maximum absolute atomic E-state index is 14.2. The molecule has 0 aliphatic rings. The van der Waals surface area contributed by atoms with E-state index in [1.807, 2.05) is 55.5 Å². The molecule has 1 heterocycles. The lowest BCUT2D eigenvalue weighted by molar-refractivity contribution is -0.132. The van der Waals surface area contributed by atoms with E-state index in [1.165, 1.54) is 13.8 Å². The van der Waals surface area contributed by atoms with E-state index in [0.29, 0.717) is 11.2 Å². The molecule has 0 fully saturated rings. The smallest absolute Gasteiger partial charge is 0.308 e. The minimum absolute atomic E-state index is 0.107. The summed E-state index contributed by atoms with van der Waals surface area (Å²) in [5, 5.41) is 0.810. The minimum atomic E-state index is -0.735. The lowest BCUT2D eigenvalue weighted by Crippen LogP contribution is -2.09. The van der Waals surface area contributed by atoms with Crippen LogP contribution in [0.25, 0.3) is 33.5 Å². The quantitative estimate of drug-likeness (QED) is 0.325. The van der Waals surface area contributed by atoms with E-state index in [0.717, 1.165) is 28.6 Å². The van der Waals surface area contributed by atoms with Crippen molar-refractivity contribution >= 4 is 22.8 Å². The molecule has 0 aliphatic heterocycles. The van der Waals surface area contributed by atoms with Crippen LogP contribution in [0.15, 0.2) is 60.7 Å². The van der Waals surface area contributed by atoms with E-state index in [9.17, 15) is 14.0 Å². The number of para-hydroxylation sites is 1. The molecule has 32 heavy (non-hydrogen) atoms. The average Bonchev–Trinajstić information content (AvgIpc) is 2.72. The summed E-state index contributed by atoms with van der Waals surface area (Å²) in [7, 11) is 0. The molecule has 3 aromatic carbocycles. The SMILES string of the molecule is CC(=O)Oc1cc(F)cc(OC(C)=O)c1-c1nc(-c2ccc(C)cc2)c2ccccc2n1. The number of ether oxygens (including phenoxy) is 2. The predicted molar refractivity (Wildman–Crippen MR) is 118 cm³/mol. The van der Waals surface area contributed by atoms with Gasteiger partial charge in [-0.15, -0.1) is 0 Å². The standard InChI is InChI=1S/C25H19FN2O4/c1-14-8-10-17(11-9-14)24-19-6-4-5-7-20(19)27-25(28-24)23-21(31-15(2)29)12-18(26)13-22(23)32-16(3)30/h4-13H,1-3H3. The number of rotatable bonds is 4. The van der Waals surface area contributed by atoms with Gasteiger partial charge >= 0.3 is 11.9 Å². The molecule has 0 atom stereocenters. The number of benzene rings is 3. The number of aromatic nitrogens is 2. The predicted octanol–water partition coefficient (Wildman–Crippen LogP) is 5.26. The summed E-state index contributed by atoms with van der Waals surface area (Å²) >= 11 is 0. The van der Waals surface area contributed by atoms with E-state index in [2.05, 4.69) is 4.98 Å². The highest BCUT2D eigenvalue weighted by atomic mass is 19.1. The summed E-state index contributed by atoms with van der Waals surface area (Å²) < 4.78 is 24.7. The van der Waals surface area contributed by atoms with E-state index < -0.39 is 17.8 Å². The van der Waals surface area contributed by atoms with Crippen LogP contribution in [0.2, 0.25) is 0 Å². The van der Waals surface area contributed by atoms with Crippen LogP contribution >= 0.6 is 0 Å². The fraction of sp³-hybridized carbons (Fsp3) is 0.120. The van der Waals surface area contributed by atoms with Gasteiger partial charge in [-0.3, -0.25) is 9.59 Å². The number of nitrogens with zero attached hydrogens (tertiary/aromatic N) is 2. The molecule has 0 aliphatic carbocycles. The largest absolute Gasteiger partial charge is 0.426 e. The van der Waals surface area contributed by atoms with Gasteiger partial charge in [0, 0.05) is 36.9 Å². The molecule has 0 amide bonds. The van der Waals surface area contributed by atoms with Crippen molar-refractivity contribution < 1.29 is 23.5 Å². The molecule has 0 saturated carbocycles. The maximum Gasteiger partial charge on any atom is 0.308 e. The van der Waals surface area contributed by atoms with Gasteiger partial charge in [0.25, 0.3) is 0 Å². The fourth-order valence-electron chi connectivity index (χ4n) is 3.37. The zero-order chi connectivity index (χ0) is 22.8. The summed E-state index contributed by atoms with van der Waals surface area (Å²) in [4.78, 5) is 32.7. The Balaban J connectivity index is 2.04. The van der Waals surface area contributed by atoms with Gasteiger partial charge in [-0.05, 0) is 13.0 Å². The maximum atomic E-state index is 14.2. The zero-order valence-corrected chi connectivity index (χ0v) is 17.7. The lowest BCUT2D eigenvalue weighted by Gasteiger charge is -2.15. The molecule has 0 spiro atoms. The summed E-state index contributed by atoms with van der Waals surface area (Å²) in [6.07, 6.45) is 0. The minimum Gasteiger partial charge on any atom is -0.426 e. The number of hydrogen-bond donors (Lipinski definition) is 0. The Morgan fingerprint density at radius 3 is 2.03 bits per heavy atom. The highest BCUT2D eigenvalue weighted by Crippen LogP contribution is 2.40. The Hall–Kier alpha value is -4.13. The normalized spacial score (nSPS) is 10.8. The van der Waals surface area contributed by atoms with Crippen molar-refractivity contribution in [1.29, 1.82) is 0 Å². The topological polar surface area (TPSA) is 78.4 Å². The van der Waals surface area contributed by atoms with Gasteiger partial charge in [0.15, 0.2) is 5.82 Å². The van der Waals surface area contributed by atoms with Gasteiger partial charge in [-0.25, -0.2) is 14.4 Å². The Morgan fingerprint density at radius 1 is 0.844 bits per heavy atom. The number of carbonyl (C=O) groups is 2. The first-order valence-electron chi connectivity index (χ1n) is 9.86. The Morgan fingerprint density at radius 2 is 1.44 bits per heavy atom. The number of fused-ring (bicyclic) bond motifs is 1. The summed E-state index contributed by atoms with van der Waals surface area (Å²) in [5.41, 5.74) is 3.31. The highest BCUT2D eigenvalue weighted by molar-refractivity contribution is 5.94. The van der Waals surface area contributed by atoms with Crippen LogP contribution in [-0.2, 0) is 9.59 Å². The van der Waals surface area contributed by atoms with Crippen LogP contribution in [0, 0.1) is 12.7 Å². The van der Waals surface area contributed by atoms with Crippen LogP contribution in [0.1, 0.15) is 19.4 Å². The van der Waals surface area contributed by atoms with Crippen LogP contribution in [0.4, 0.5) is 4.39 Å². The molecule has 160 valence electrons. The molecule has 0 N–H and O–H groups in total. The molecule has 1 aromatic heterocycles. The number of carbonyl (C=O) groups excluding carboxylic acids is 2. The van der Waals surface area contributed by atoms with Crippen molar-refractivity contribution in [1.82, 2.24) is 9.97 Å². The first-order chi connectivity index (χ1) is 15.3. The number of halogens is 1. The van der Waals surface area contributed by atoms with E-state index in [-0.39, 0.29) is 22.9 Å². The van der Waals surface area contributed by atoms with Gasteiger partial charge in [0.2, 0.25) is 0 Å². The number of esters is 2. The van der Waals surface area contributed by atoms with Crippen molar-refractivity contribution in [3.63, 3.8) is 0 Å². The van der Waals surface area contributed by atoms with Crippen molar-refractivity contribution in [3.8, 4) is 34.1 Å². The van der Waals surface area contributed by atoms with Crippen molar-refractivity contribution in [3.05, 3.63) is 72.0 Å². The summed E-state index contributed by atoms with van der Waals surface area (Å²) in [6, 6.07) is 17.3.